The van der Waals surface area contributed by atoms with E-state index in [1.54, 1.807) is 12.1 Å². The molecule has 0 fully saturated rings. The van der Waals surface area contributed by atoms with Crippen LogP contribution in [-0.2, 0) is 9.53 Å². The summed E-state index contributed by atoms with van der Waals surface area (Å²) in [5, 5.41) is 11.1. The molecule has 0 spiro atoms. The maximum atomic E-state index is 12.0. The predicted molar refractivity (Wildman–Crippen MR) is 95.3 cm³/mol. The van der Waals surface area contributed by atoms with Gasteiger partial charge in [0.05, 0.1) is 30.2 Å². The van der Waals surface area contributed by atoms with Gasteiger partial charge in [-0.05, 0) is 24.6 Å². The third kappa shape index (κ3) is 3.24. The molecule has 1 aliphatic heterocycles. The first-order valence-electron chi connectivity index (χ1n) is 7.90. The van der Waals surface area contributed by atoms with E-state index in [0.717, 1.165) is 11.3 Å². The van der Waals surface area contributed by atoms with Gasteiger partial charge in [-0.2, -0.15) is 0 Å². The van der Waals surface area contributed by atoms with Crippen molar-refractivity contribution in [3.8, 4) is 0 Å². The lowest BCUT2D eigenvalue weighted by molar-refractivity contribution is -0.384. The van der Waals surface area contributed by atoms with Crippen LogP contribution < -0.4 is 4.90 Å². The Morgan fingerprint density at radius 2 is 1.96 bits per heavy atom. The lowest BCUT2D eigenvalue weighted by atomic mass is 9.97. The van der Waals surface area contributed by atoms with Gasteiger partial charge in [-0.15, -0.1) is 0 Å². The summed E-state index contributed by atoms with van der Waals surface area (Å²) in [4.78, 5) is 24.7. The summed E-state index contributed by atoms with van der Waals surface area (Å²) in [6, 6.07) is 14.6. The fourth-order valence-electron chi connectivity index (χ4n) is 3.05. The molecule has 6 nitrogen and oxygen atoms in total. The monoisotopic (exact) mass is 338 g/mol. The van der Waals surface area contributed by atoms with Crippen LogP contribution in [0, 0.1) is 10.1 Å². The maximum absolute atomic E-state index is 12.0. The molecule has 6 heteroatoms. The first-order chi connectivity index (χ1) is 12.0. The van der Waals surface area contributed by atoms with Crippen LogP contribution in [0.4, 0.5) is 11.4 Å². The number of methoxy groups -OCH3 is 1. The average Bonchev–Trinajstić information content (AvgIpc) is 2.65. The van der Waals surface area contributed by atoms with Gasteiger partial charge in [0.15, 0.2) is 0 Å². The second kappa shape index (κ2) is 6.76. The van der Waals surface area contributed by atoms with Gasteiger partial charge < -0.3 is 9.64 Å². The van der Waals surface area contributed by atoms with E-state index in [2.05, 4.69) is 4.90 Å². The number of esters is 1. The van der Waals surface area contributed by atoms with Crippen molar-refractivity contribution in [3.63, 3.8) is 0 Å². The van der Waals surface area contributed by atoms with E-state index in [0.29, 0.717) is 17.7 Å². The third-order valence-corrected chi connectivity index (χ3v) is 4.40. The molecule has 1 heterocycles. The molecule has 0 saturated carbocycles. The van der Waals surface area contributed by atoms with Crippen LogP contribution in [0.15, 0.2) is 54.1 Å². The average molecular weight is 338 g/mol. The largest absolute Gasteiger partial charge is 0.466 e. The molecule has 1 aliphatic rings. The van der Waals surface area contributed by atoms with E-state index >= 15 is 0 Å². The first kappa shape index (κ1) is 16.7. The molecule has 0 bridgehead atoms. The smallest absolute Gasteiger partial charge is 0.335 e. The summed E-state index contributed by atoms with van der Waals surface area (Å²) in [6.07, 6.45) is 1.67. The summed E-state index contributed by atoms with van der Waals surface area (Å²) in [7, 11) is 1.33. The zero-order valence-corrected chi connectivity index (χ0v) is 14.0. The quantitative estimate of drug-likeness (QED) is 0.482. The van der Waals surface area contributed by atoms with E-state index < -0.39 is 10.9 Å². The number of benzene rings is 2. The lowest BCUT2D eigenvalue weighted by Gasteiger charge is -2.35. The van der Waals surface area contributed by atoms with Crippen LogP contribution in [0.25, 0.3) is 6.08 Å². The zero-order chi connectivity index (χ0) is 18.0. The molecule has 0 aliphatic carbocycles. The van der Waals surface area contributed by atoms with E-state index in [4.69, 9.17) is 4.74 Å². The summed E-state index contributed by atoms with van der Waals surface area (Å²) < 4.78 is 4.85. The number of nitrogens with zero attached hydrogens (tertiary/aromatic N) is 2. The van der Waals surface area contributed by atoms with Crippen molar-refractivity contribution in [3.05, 3.63) is 75.3 Å². The number of carbonyl (C=O) groups excluding carboxylic acids is 1. The van der Waals surface area contributed by atoms with Gasteiger partial charge in [-0.1, -0.05) is 30.3 Å². The predicted octanol–water partition coefficient (Wildman–Crippen LogP) is 3.73. The minimum absolute atomic E-state index is 0.00485. The number of anilines is 1. The number of nitro groups is 1. The highest BCUT2D eigenvalue weighted by atomic mass is 16.6. The normalized spacial score (nSPS) is 14.3. The fourth-order valence-corrected chi connectivity index (χ4v) is 3.05. The summed E-state index contributed by atoms with van der Waals surface area (Å²) in [6.45, 7) is 2.42. The van der Waals surface area contributed by atoms with E-state index in [9.17, 15) is 14.9 Å². The number of carbonyl (C=O) groups is 1. The number of fused-ring (bicyclic) bond motifs is 1. The van der Waals surface area contributed by atoms with Crippen LogP contribution in [0.5, 0.6) is 0 Å². The molecular weight excluding hydrogens is 320 g/mol. The molecule has 2 aromatic rings. The van der Waals surface area contributed by atoms with E-state index in [1.165, 1.54) is 19.2 Å². The van der Waals surface area contributed by atoms with Crippen molar-refractivity contribution in [1.82, 2.24) is 0 Å². The van der Waals surface area contributed by atoms with E-state index in [1.807, 2.05) is 37.3 Å². The molecule has 1 atom stereocenters. The Bertz CT molecular complexity index is 846. The topological polar surface area (TPSA) is 72.7 Å². The van der Waals surface area contributed by atoms with Gasteiger partial charge in [0.25, 0.3) is 5.69 Å². The lowest BCUT2D eigenvalue weighted by Crippen LogP contribution is -2.33. The minimum Gasteiger partial charge on any atom is -0.466 e. The van der Waals surface area contributed by atoms with Crippen LogP contribution in [0.1, 0.15) is 24.1 Å². The highest BCUT2D eigenvalue weighted by Crippen LogP contribution is 2.37. The first-order valence-corrected chi connectivity index (χ1v) is 7.90. The van der Waals surface area contributed by atoms with Gasteiger partial charge in [-0.25, -0.2) is 4.79 Å². The summed E-state index contributed by atoms with van der Waals surface area (Å²) in [5.41, 5.74) is 3.06. The molecule has 0 unspecified atom stereocenters. The second-order valence-electron chi connectivity index (χ2n) is 5.88. The molecular formula is C19H18N2O4. The van der Waals surface area contributed by atoms with Crippen LogP contribution in [0.2, 0.25) is 0 Å². The Balaban J connectivity index is 2.07. The molecule has 0 N–H and O–H groups in total. The SMILES string of the molecule is COC(=O)C1=Cc2cc([N+](=O)[O-])ccc2N([C@@H](C)c2ccccc2)C1. The second-order valence-corrected chi connectivity index (χ2v) is 5.88. The van der Waals surface area contributed by atoms with Crippen molar-refractivity contribution in [2.24, 2.45) is 0 Å². The highest BCUT2D eigenvalue weighted by Gasteiger charge is 2.27. The van der Waals surface area contributed by atoms with E-state index in [-0.39, 0.29) is 11.7 Å². The minimum atomic E-state index is -0.439. The Kier molecular flexibility index (Phi) is 4.52. The molecule has 0 aromatic heterocycles. The third-order valence-electron chi connectivity index (χ3n) is 4.40. The molecule has 0 radical (unpaired) electrons. The van der Waals surface area contributed by atoms with Gasteiger partial charge in [-0.3, -0.25) is 10.1 Å². The summed E-state index contributed by atoms with van der Waals surface area (Å²) in [5.74, 6) is -0.428. The standard InChI is InChI=1S/C19H18N2O4/c1-13(14-6-4-3-5-7-14)20-12-16(19(22)25-2)10-15-11-17(21(23)24)8-9-18(15)20/h3-11,13H,12H2,1-2H3/t13-/m0/s1. The Morgan fingerprint density at radius 1 is 1.24 bits per heavy atom. The summed E-state index contributed by atoms with van der Waals surface area (Å²) >= 11 is 0. The van der Waals surface area contributed by atoms with Crippen molar-refractivity contribution in [2.75, 3.05) is 18.6 Å². The number of nitro benzene ring substituents is 1. The van der Waals surface area contributed by atoms with Gasteiger partial charge in [0.1, 0.15) is 0 Å². The van der Waals surface area contributed by atoms with Gasteiger partial charge >= 0.3 is 5.97 Å². The van der Waals surface area contributed by atoms with Crippen LogP contribution in [0.3, 0.4) is 0 Å². The van der Waals surface area contributed by atoms with Crippen LogP contribution in [-0.4, -0.2) is 24.5 Å². The highest BCUT2D eigenvalue weighted by molar-refractivity contribution is 5.97. The fraction of sp³-hybridized carbons (Fsp3) is 0.211. The van der Waals surface area contributed by atoms with Crippen LogP contribution >= 0.6 is 0 Å². The van der Waals surface area contributed by atoms with Crippen molar-refractivity contribution >= 4 is 23.4 Å². The molecule has 2 aromatic carbocycles. The molecule has 128 valence electrons. The Morgan fingerprint density at radius 3 is 2.60 bits per heavy atom. The molecule has 25 heavy (non-hydrogen) atoms. The van der Waals surface area contributed by atoms with Gasteiger partial charge in [0.2, 0.25) is 0 Å². The number of rotatable bonds is 4. The molecule has 0 saturated heterocycles. The zero-order valence-electron chi connectivity index (χ0n) is 14.0. The molecule has 0 amide bonds. The Labute approximate surface area is 145 Å². The maximum Gasteiger partial charge on any atom is 0.335 e. The number of hydrogen-bond donors (Lipinski definition) is 0. The van der Waals surface area contributed by atoms with Gasteiger partial charge in [0, 0.05) is 23.4 Å². The van der Waals surface area contributed by atoms with Crippen molar-refractivity contribution in [1.29, 1.82) is 0 Å². The number of ether oxygens (including phenoxy) is 1. The molecule has 3 rings (SSSR count). The number of non-ortho nitro benzene ring substituents is 1. The van der Waals surface area contributed by atoms with Crippen molar-refractivity contribution in [2.45, 2.75) is 13.0 Å². The number of hydrogen-bond acceptors (Lipinski definition) is 5. The van der Waals surface area contributed by atoms with Crippen molar-refractivity contribution < 1.29 is 14.5 Å². The Hall–Kier alpha value is -3.15.